The molecule has 0 saturated carbocycles. The molecule has 0 bridgehead atoms. The number of benzene rings is 2. The van der Waals surface area contributed by atoms with E-state index >= 15 is 0 Å². The van der Waals surface area contributed by atoms with Gasteiger partial charge in [-0.25, -0.2) is 4.68 Å². The monoisotopic (exact) mass is 353 g/mol. The summed E-state index contributed by atoms with van der Waals surface area (Å²) in [7, 11) is 0. The van der Waals surface area contributed by atoms with Gasteiger partial charge in [0.15, 0.2) is 0 Å². The lowest BCUT2D eigenvalue weighted by atomic mass is 10.2. The molecule has 0 spiro atoms. The fraction of sp³-hybridized carbons (Fsp3) is 0.105. The number of hydrogen-bond donors (Lipinski definition) is 1. The van der Waals surface area contributed by atoms with Gasteiger partial charge in [0.1, 0.15) is 5.69 Å². The van der Waals surface area contributed by atoms with E-state index < -0.39 is 5.91 Å². The van der Waals surface area contributed by atoms with E-state index in [-0.39, 0.29) is 11.3 Å². The summed E-state index contributed by atoms with van der Waals surface area (Å²) in [6, 6.07) is 17.5. The first kappa shape index (κ1) is 16.9. The molecule has 0 fully saturated rings. The zero-order chi connectivity index (χ0) is 17.8. The number of halogens is 1. The standard InChI is InChI=1S/C19H16ClN3O2/c1-13-15(20)8-5-9-16(13)21-19(25)17-10-11-18(24)23(22-17)12-14-6-3-2-4-7-14/h2-11H,12H2,1H3,(H,21,25). The predicted molar refractivity (Wildman–Crippen MR) is 98.2 cm³/mol. The Morgan fingerprint density at radius 2 is 1.84 bits per heavy atom. The average molecular weight is 354 g/mol. The molecule has 25 heavy (non-hydrogen) atoms. The third-order valence-corrected chi connectivity index (χ3v) is 4.20. The van der Waals surface area contributed by atoms with E-state index in [9.17, 15) is 9.59 Å². The van der Waals surface area contributed by atoms with Crippen LogP contribution in [-0.2, 0) is 6.54 Å². The molecule has 0 saturated heterocycles. The SMILES string of the molecule is Cc1c(Cl)cccc1NC(=O)c1ccc(=O)n(Cc2ccccc2)n1. The van der Waals surface area contributed by atoms with Crippen LogP contribution in [0.4, 0.5) is 5.69 Å². The molecule has 0 unspecified atom stereocenters. The second kappa shape index (κ2) is 7.32. The molecule has 0 aliphatic heterocycles. The highest BCUT2D eigenvalue weighted by Gasteiger charge is 2.12. The van der Waals surface area contributed by atoms with Crippen LogP contribution in [0.1, 0.15) is 21.6 Å². The maximum Gasteiger partial charge on any atom is 0.276 e. The van der Waals surface area contributed by atoms with Crippen molar-refractivity contribution in [2.24, 2.45) is 0 Å². The highest BCUT2D eigenvalue weighted by atomic mass is 35.5. The largest absolute Gasteiger partial charge is 0.320 e. The number of nitrogens with zero attached hydrogens (tertiary/aromatic N) is 2. The Balaban J connectivity index is 1.85. The molecule has 0 aliphatic rings. The summed E-state index contributed by atoms with van der Waals surface area (Å²) in [4.78, 5) is 24.5. The Morgan fingerprint density at radius 3 is 2.60 bits per heavy atom. The molecule has 3 aromatic rings. The third kappa shape index (κ3) is 3.95. The van der Waals surface area contributed by atoms with E-state index in [0.29, 0.717) is 17.3 Å². The van der Waals surface area contributed by atoms with Crippen LogP contribution in [0.5, 0.6) is 0 Å². The normalized spacial score (nSPS) is 10.5. The smallest absolute Gasteiger partial charge is 0.276 e. The Labute approximate surface area is 149 Å². The van der Waals surface area contributed by atoms with Crippen LogP contribution in [-0.4, -0.2) is 15.7 Å². The van der Waals surface area contributed by atoms with E-state index in [1.54, 1.807) is 18.2 Å². The second-order valence-electron chi connectivity index (χ2n) is 5.57. The first-order valence-corrected chi connectivity index (χ1v) is 8.11. The van der Waals surface area contributed by atoms with Gasteiger partial charge in [-0.15, -0.1) is 0 Å². The van der Waals surface area contributed by atoms with E-state index in [4.69, 9.17) is 11.6 Å². The average Bonchev–Trinajstić information content (AvgIpc) is 2.61. The van der Waals surface area contributed by atoms with Crippen molar-refractivity contribution in [3.05, 3.63) is 92.9 Å². The lowest BCUT2D eigenvalue weighted by molar-refractivity contribution is 0.102. The second-order valence-corrected chi connectivity index (χ2v) is 5.97. The van der Waals surface area contributed by atoms with E-state index in [1.165, 1.54) is 16.8 Å². The van der Waals surface area contributed by atoms with Gasteiger partial charge in [0.2, 0.25) is 0 Å². The Kier molecular flexibility index (Phi) is 4.95. The third-order valence-electron chi connectivity index (χ3n) is 3.79. The van der Waals surface area contributed by atoms with Crippen molar-refractivity contribution in [3.63, 3.8) is 0 Å². The topological polar surface area (TPSA) is 64.0 Å². The highest BCUT2D eigenvalue weighted by molar-refractivity contribution is 6.31. The first-order chi connectivity index (χ1) is 12.0. The zero-order valence-electron chi connectivity index (χ0n) is 13.6. The van der Waals surface area contributed by atoms with Crippen molar-refractivity contribution >= 4 is 23.2 Å². The van der Waals surface area contributed by atoms with E-state index in [2.05, 4.69) is 10.4 Å². The zero-order valence-corrected chi connectivity index (χ0v) is 14.3. The Hall–Kier alpha value is -2.92. The van der Waals surface area contributed by atoms with Crippen molar-refractivity contribution in [1.29, 1.82) is 0 Å². The van der Waals surface area contributed by atoms with Crippen molar-refractivity contribution in [1.82, 2.24) is 9.78 Å². The van der Waals surface area contributed by atoms with Crippen LogP contribution in [0.15, 0.2) is 65.5 Å². The number of nitrogens with one attached hydrogen (secondary N) is 1. The van der Waals surface area contributed by atoms with Gasteiger partial charge in [-0.2, -0.15) is 5.10 Å². The lowest BCUT2D eigenvalue weighted by Crippen LogP contribution is -2.26. The number of aromatic nitrogens is 2. The molecular weight excluding hydrogens is 338 g/mol. The molecule has 0 atom stereocenters. The fourth-order valence-corrected chi connectivity index (χ4v) is 2.54. The van der Waals surface area contributed by atoms with Gasteiger partial charge in [-0.05, 0) is 36.2 Å². The van der Waals surface area contributed by atoms with Gasteiger partial charge in [0.25, 0.3) is 11.5 Å². The van der Waals surface area contributed by atoms with Crippen LogP contribution in [0.25, 0.3) is 0 Å². The highest BCUT2D eigenvalue weighted by Crippen LogP contribution is 2.23. The van der Waals surface area contributed by atoms with Gasteiger partial charge < -0.3 is 5.32 Å². The summed E-state index contributed by atoms with van der Waals surface area (Å²) in [5.41, 5.74) is 2.21. The van der Waals surface area contributed by atoms with Gasteiger partial charge in [0.05, 0.1) is 6.54 Å². The van der Waals surface area contributed by atoms with Crippen molar-refractivity contribution in [2.45, 2.75) is 13.5 Å². The number of carbonyl (C=O) groups excluding carboxylic acids is 1. The lowest BCUT2D eigenvalue weighted by Gasteiger charge is -2.10. The van der Waals surface area contributed by atoms with Gasteiger partial charge in [-0.3, -0.25) is 9.59 Å². The molecule has 0 aliphatic carbocycles. The number of carbonyl (C=O) groups is 1. The van der Waals surface area contributed by atoms with Crippen molar-refractivity contribution in [3.8, 4) is 0 Å². The number of rotatable bonds is 4. The molecule has 1 amide bonds. The molecule has 126 valence electrons. The molecule has 3 rings (SSSR count). The molecule has 6 heteroatoms. The number of hydrogen-bond acceptors (Lipinski definition) is 3. The maximum absolute atomic E-state index is 12.5. The summed E-state index contributed by atoms with van der Waals surface area (Å²) in [5.74, 6) is -0.396. The predicted octanol–water partition coefficient (Wildman–Crippen LogP) is 3.51. The molecule has 1 heterocycles. The van der Waals surface area contributed by atoms with E-state index in [1.807, 2.05) is 37.3 Å². The Bertz CT molecular complexity index is 968. The first-order valence-electron chi connectivity index (χ1n) is 7.73. The van der Waals surface area contributed by atoms with Crippen LogP contribution >= 0.6 is 11.6 Å². The van der Waals surface area contributed by atoms with Gasteiger partial charge in [-0.1, -0.05) is 48.0 Å². The molecule has 0 radical (unpaired) electrons. The van der Waals surface area contributed by atoms with Gasteiger partial charge in [0, 0.05) is 16.8 Å². The van der Waals surface area contributed by atoms with Crippen LogP contribution in [0, 0.1) is 6.92 Å². The van der Waals surface area contributed by atoms with Crippen LogP contribution in [0.2, 0.25) is 5.02 Å². The quantitative estimate of drug-likeness (QED) is 0.780. The maximum atomic E-state index is 12.5. The summed E-state index contributed by atoms with van der Waals surface area (Å²) >= 11 is 6.07. The number of anilines is 1. The molecule has 1 aromatic heterocycles. The minimum Gasteiger partial charge on any atom is -0.320 e. The van der Waals surface area contributed by atoms with E-state index in [0.717, 1.165) is 11.1 Å². The molecule has 5 nitrogen and oxygen atoms in total. The fourth-order valence-electron chi connectivity index (χ4n) is 2.37. The summed E-state index contributed by atoms with van der Waals surface area (Å²) in [6.45, 7) is 2.12. The Morgan fingerprint density at radius 1 is 1.08 bits per heavy atom. The van der Waals surface area contributed by atoms with Crippen molar-refractivity contribution in [2.75, 3.05) is 5.32 Å². The summed E-state index contributed by atoms with van der Waals surface area (Å²) in [5, 5.41) is 7.52. The molecule has 2 aromatic carbocycles. The van der Waals surface area contributed by atoms with Crippen molar-refractivity contribution < 1.29 is 4.79 Å². The summed E-state index contributed by atoms with van der Waals surface area (Å²) in [6.07, 6.45) is 0. The molecule has 1 N–H and O–H groups in total. The van der Waals surface area contributed by atoms with Crippen LogP contribution in [0.3, 0.4) is 0 Å². The van der Waals surface area contributed by atoms with Crippen LogP contribution < -0.4 is 10.9 Å². The number of amides is 1. The molecular formula is C19H16ClN3O2. The minimum absolute atomic E-state index is 0.162. The minimum atomic E-state index is -0.396. The summed E-state index contributed by atoms with van der Waals surface area (Å²) < 4.78 is 1.27. The van der Waals surface area contributed by atoms with Gasteiger partial charge >= 0.3 is 0 Å².